The molecule has 0 atom stereocenters. The molecule has 0 amide bonds. The third-order valence-electron chi connectivity index (χ3n) is 3.10. The van der Waals surface area contributed by atoms with Gasteiger partial charge in [-0.3, -0.25) is 0 Å². The number of nitrogens with zero attached hydrogens (tertiary/aromatic N) is 6. The molecule has 0 unspecified atom stereocenters. The SMILES string of the molecule is CN(C)c1ncc(CNCCc2nncn2C)n1C. The predicted molar refractivity (Wildman–Crippen MR) is 73.9 cm³/mol. The van der Waals surface area contributed by atoms with Gasteiger partial charge in [-0.2, -0.15) is 0 Å². The van der Waals surface area contributed by atoms with Gasteiger partial charge < -0.3 is 19.4 Å². The topological polar surface area (TPSA) is 63.8 Å². The summed E-state index contributed by atoms with van der Waals surface area (Å²) in [6.07, 6.45) is 4.50. The van der Waals surface area contributed by atoms with Gasteiger partial charge in [0.2, 0.25) is 5.95 Å². The molecule has 0 radical (unpaired) electrons. The first kappa shape index (κ1) is 13.5. The Morgan fingerprint density at radius 1 is 1.32 bits per heavy atom. The number of hydrogen-bond donors (Lipinski definition) is 1. The Balaban J connectivity index is 1.82. The fourth-order valence-electron chi connectivity index (χ4n) is 1.96. The molecule has 1 N–H and O–H groups in total. The van der Waals surface area contributed by atoms with Crippen molar-refractivity contribution in [3.63, 3.8) is 0 Å². The Bertz CT molecular complexity index is 526. The highest BCUT2D eigenvalue weighted by Crippen LogP contribution is 2.10. The van der Waals surface area contributed by atoms with Crippen molar-refractivity contribution in [1.82, 2.24) is 29.6 Å². The van der Waals surface area contributed by atoms with Crippen molar-refractivity contribution in [2.45, 2.75) is 13.0 Å². The molecule has 7 heteroatoms. The molecule has 2 aromatic heterocycles. The summed E-state index contributed by atoms with van der Waals surface area (Å²) in [4.78, 5) is 6.38. The van der Waals surface area contributed by atoms with E-state index in [9.17, 15) is 0 Å². The minimum absolute atomic E-state index is 0.801. The minimum atomic E-state index is 0.801. The molecule has 104 valence electrons. The molecule has 0 fully saturated rings. The van der Waals surface area contributed by atoms with E-state index in [-0.39, 0.29) is 0 Å². The highest BCUT2D eigenvalue weighted by atomic mass is 15.3. The van der Waals surface area contributed by atoms with Crippen LogP contribution in [-0.2, 0) is 27.1 Å². The lowest BCUT2D eigenvalue weighted by atomic mass is 10.4. The van der Waals surface area contributed by atoms with Gasteiger partial charge in [0.25, 0.3) is 0 Å². The van der Waals surface area contributed by atoms with Crippen LogP contribution >= 0.6 is 0 Å². The molecular formula is C12H21N7. The van der Waals surface area contributed by atoms with Crippen LogP contribution in [-0.4, -0.2) is 45.0 Å². The molecule has 7 nitrogen and oxygen atoms in total. The molecule has 0 spiro atoms. The van der Waals surface area contributed by atoms with E-state index in [4.69, 9.17) is 0 Å². The van der Waals surface area contributed by atoms with Gasteiger partial charge >= 0.3 is 0 Å². The van der Waals surface area contributed by atoms with Crippen LogP contribution in [0.15, 0.2) is 12.5 Å². The third-order valence-corrected chi connectivity index (χ3v) is 3.10. The summed E-state index contributed by atoms with van der Waals surface area (Å²) in [6.45, 7) is 1.67. The van der Waals surface area contributed by atoms with Crippen molar-refractivity contribution in [2.75, 3.05) is 25.5 Å². The smallest absolute Gasteiger partial charge is 0.204 e. The second-order valence-electron chi connectivity index (χ2n) is 4.79. The van der Waals surface area contributed by atoms with Crippen LogP contribution in [0, 0.1) is 0 Å². The van der Waals surface area contributed by atoms with Crippen molar-refractivity contribution in [3.05, 3.63) is 24.0 Å². The molecule has 0 aliphatic rings. The monoisotopic (exact) mass is 263 g/mol. The quantitative estimate of drug-likeness (QED) is 0.740. The van der Waals surface area contributed by atoms with Crippen molar-refractivity contribution in [3.8, 4) is 0 Å². The average molecular weight is 263 g/mol. The summed E-state index contributed by atoms with van der Waals surface area (Å²) in [6, 6.07) is 0. The molecule has 0 saturated heterocycles. The lowest BCUT2D eigenvalue weighted by molar-refractivity contribution is 0.630. The fraction of sp³-hybridized carbons (Fsp3) is 0.583. The van der Waals surface area contributed by atoms with Gasteiger partial charge in [-0.05, 0) is 0 Å². The summed E-state index contributed by atoms with van der Waals surface area (Å²) in [5, 5.41) is 11.3. The van der Waals surface area contributed by atoms with E-state index in [0.29, 0.717) is 0 Å². The van der Waals surface area contributed by atoms with E-state index in [0.717, 1.165) is 31.3 Å². The number of imidazole rings is 1. The summed E-state index contributed by atoms with van der Waals surface area (Å²) < 4.78 is 4.03. The number of nitrogens with one attached hydrogen (secondary N) is 1. The molecule has 0 saturated carbocycles. The van der Waals surface area contributed by atoms with Crippen molar-refractivity contribution < 1.29 is 0 Å². The zero-order chi connectivity index (χ0) is 13.8. The summed E-state index contributed by atoms with van der Waals surface area (Å²) >= 11 is 0. The average Bonchev–Trinajstić information content (AvgIpc) is 2.92. The Kier molecular flexibility index (Phi) is 4.16. The van der Waals surface area contributed by atoms with Crippen molar-refractivity contribution in [2.24, 2.45) is 14.1 Å². The van der Waals surface area contributed by atoms with Crippen molar-refractivity contribution >= 4 is 5.95 Å². The van der Waals surface area contributed by atoms with E-state index >= 15 is 0 Å². The van der Waals surface area contributed by atoms with Crippen LogP contribution in [0.3, 0.4) is 0 Å². The first-order valence-corrected chi connectivity index (χ1v) is 6.31. The summed E-state index contributed by atoms with van der Waals surface area (Å²) in [5.41, 5.74) is 1.17. The molecule has 19 heavy (non-hydrogen) atoms. The fourth-order valence-corrected chi connectivity index (χ4v) is 1.96. The second-order valence-corrected chi connectivity index (χ2v) is 4.79. The maximum atomic E-state index is 4.38. The molecule has 2 heterocycles. The number of aryl methyl sites for hydroxylation is 1. The molecule has 2 aromatic rings. The Labute approximate surface area is 113 Å². The molecule has 0 aromatic carbocycles. The highest BCUT2D eigenvalue weighted by Gasteiger charge is 2.07. The Hall–Kier alpha value is -1.89. The predicted octanol–water partition coefficient (Wildman–Crippen LogP) is -0.0531. The maximum Gasteiger partial charge on any atom is 0.204 e. The van der Waals surface area contributed by atoms with Crippen LogP contribution < -0.4 is 10.2 Å². The van der Waals surface area contributed by atoms with Gasteiger partial charge in [-0.25, -0.2) is 4.98 Å². The van der Waals surface area contributed by atoms with Gasteiger partial charge in [-0.15, -0.1) is 10.2 Å². The molecular weight excluding hydrogens is 242 g/mol. The number of hydrogen-bond acceptors (Lipinski definition) is 5. The van der Waals surface area contributed by atoms with Crippen LogP contribution in [0.4, 0.5) is 5.95 Å². The van der Waals surface area contributed by atoms with Crippen LogP contribution in [0.25, 0.3) is 0 Å². The summed E-state index contributed by atoms with van der Waals surface area (Å²) in [7, 11) is 7.98. The highest BCUT2D eigenvalue weighted by molar-refractivity contribution is 5.30. The van der Waals surface area contributed by atoms with Gasteiger partial charge in [0.15, 0.2) is 0 Å². The van der Waals surface area contributed by atoms with Crippen molar-refractivity contribution in [1.29, 1.82) is 0 Å². The second kappa shape index (κ2) is 5.83. The van der Waals surface area contributed by atoms with Crippen LogP contribution in [0.2, 0.25) is 0 Å². The molecule has 2 rings (SSSR count). The number of aromatic nitrogens is 5. The first-order valence-electron chi connectivity index (χ1n) is 6.31. The number of anilines is 1. The van der Waals surface area contributed by atoms with E-state index in [1.807, 2.05) is 43.9 Å². The Morgan fingerprint density at radius 3 is 2.68 bits per heavy atom. The van der Waals surface area contributed by atoms with E-state index in [1.165, 1.54) is 5.69 Å². The van der Waals surface area contributed by atoms with E-state index in [1.54, 1.807) is 6.33 Å². The molecule has 0 aliphatic heterocycles. The standard InChI is InChI=1S/C12H21N7/c1-17(2)12-14-8-10(19(12)4)7-13-6-5-11-16-15-9-18(11)3/h8-9,13H,5-7H2,1-4H3. The lowest BCUT2D eigenvalue weighted by Crippen LogP contribution is -2.20. The summed E-state index contributed by atoms with van der Waals surface area (Å²) in [5.74, 6) is 1.96. The zero-order valence-corrected chi connectivity index (χ0v) is 12.0. The zero-order valence-electron chi connectivity index (χ0n) is 12.0. The molecule has 0 aliphatic carbocycles. The van der Waals surface area contributed by atoms with Gasteiger partial charge in [-0.1, -0.05) is 0 Å². The Morgan fingerprint density at radius 2 is 2.11 bits per heavy atom. The van der Waals surface area contributed by atoms with Crippen LogP contribution in [0.5, 0.6) is 0 Å². The van der Waals surface area contributed by atoms with E-state index < -0.39 is 0 Å². The minimum Gasteiger partial charge on any atom is -0.348 e. The largest absolute Gasteiger partial charge is 0.348 e. The lowest BCUT2D eigenvalue weighted by Gasteiger charge is -2.12. The third kappa shape index (κ3) is 3.11. The van der Waals surface area contributed by atoms with Crippen LogP contribution in [0.1, 0.15) is 11.5 Å². The van der Waals surface area contributed by atoms with Gasteiger partial charge in [0, 0.05) is 47.7 Å². The van der Waals surface area contributed by atoms with Gasteiger partial charge in [0.05, 0.1) is 11.9 Å². The number of rotatable bonds is 6. The normalized spacial score (nSPS) is 10.9. The van der Waals surface area contributed by atoms with E-state index in [2.05, 4.69) is 25.1 Å². The first-order chi connectivity index (χ1) is 9.09. The van der Waals surface area contributed by atoms with Gasteiger partial charge in [0.1, 0.15) is 12.2 Å². The molecule has 0 bridgehead atoms. The maximum absolute atomic E-state index is 4.38.